The third kappa shape index (κ3) is 28.1. The highest BCUT2D eigenvalue weighted by molar-refractivity contribution is 5.60. The molecule has 230 valence electrons. The molecule has 1 rings (SSSR count). The van der Waals surface area contributed by atoms with Crippen molar-refractivity contribution in [1.82, 2.24) is 0 Å². The average molecular weight is 573 g/mol. The van der Waals surface area contributed by atoms with Gasteiger partial charge in [-0.05, 0) is 25.8 Å². The van der Waals surface area contributed by atoms with Gasteiger partial charge in [-0.2, -0.15) is 4.99 Å². The highest BCUT2D eigenvalue weighted by atomic mass is 16.6. The Balaban J connectivity index is 0. The molecule has 0 spiro atoms. The number of nitrogens with zero attached hydrogens (tertiary/aromatic N) is 4. The summed E-state index contributed by atoms with van der Waals surface area (Å²) in [4.78, 5) is 49.6. The lowest BCUT2D eigenvalue weighted by molar-refractivity contribution is -0.385. The van der Waals surface area contributed by atoms with Crippen LogP contribution in [0.2, 0.25) is 0 Å². The van der Waals surface area contributed by atoms with Gasteiger partial charge >= 0.3 is 0 Å². The van der Waals surface area contributed by atoms with Gasteiger partial charge in [0.15, 0.2) is 0 Å². The minimum atomic E-state index is -0.515. The maximum Gasteiger partial charge on any atom is 0.274 e. The second kappa shape index (κ2) is 33.0. The Kier molecular flexibility index (Phi) is 32.1. The van der Waals surface area contributed by atoms with Gasteiger partial charge in [0.05, 0.1) is 29.3 Å². The number of unbranched alkanes of at least 4 members (excludes halogenated alkanes) is 16. The SMILES string of the molecule is CCCCCCCCCCCCCCCCN=C=O.CCCCCCN=C=O.Cc1c(N=C=O)cccc1[N+](=O)[O-]. The minimum Gasteiger partial charge on any atom is -0.258 e. The highest BCUT2D eigenvalue weighted by Crippen LogP contribution is 2.26. The second-order valence-corrected chi connectivity index (χ2v) is 9.98. The summed E-state index contributed by atoms with van der Waals surface area (Å²) >= 11 is 0. The molecule has 0 saturated carbocycles. The second-order valence-electron chi connectivity index (χ2n) is 9.98. The van der Waals surface area contributed by atoms with Crippen LogP contribution in [0.25, 0.3) is 0 Å². The molecular weight excluding hydrogens is 520 g/mol. The fourth-order valence-electron chi connectivity index (χ4n) is 4.07. The Labute approximate surface area is 247 Å². The van der Waals surface area contributed by atoms with Gasteiger partial charge in [-0.25, -0.2) is 24.4 Å². The zero-order chi connectivity index (χ0) is 30.8. The summed E-state index contributed by atoms with van der Waals surface area (Å²) in [5.41, 5.74) is 0.608. The molecule has 0 bridgehead atoms. The van der Waals surface area contributed by atoms with Gasteiger partial charge < -0.3 is 0 Å². The van der Waals surface area contributed by atoms with Crippen LogP contribution in [0.15, 0.2) is 33.2 Å². The molecule has 0 aromatic heterocycles. The molecule has 0 fully saturated rings. The van der Waals surface area contributed by atoms with Crippen LogP contribution >= 0.6 is 0 Å². The molecule has 1 aromatic rings. The number of nitro benzene ring substituents is 1. The molecule has 0 amide bonds. The molecular formula is C32H52N4O5. The average Bonchev–Trinajstić information content (AvgIpc) is 2.97. The molecule has 0 heterocycles. The van der Waals surface area contributed by atoms with E-state index >= 15 is 0 Å². The number of benzene rings is 1. The summed E-state index contributed by atoms with van der Waals surface area (Å²) in [6.07, 6.45) is 28.2. The summed E-state index contributed by atoms with van der Waals surface area (Å²) < 4.78 is 0. The van der Waals surface area contributed by atoms with E-state index in [9.17, 15) is 24.5 Å². The van der Waals surface area contributed by atoms with E-state index in [2.05, 4.69) is 28.8 Å². The number of isocyanates is 3. The fraction of sp³-hybridized carbons (Fsp3) is 0.719. The summed E-state index contributed by atoms with van der Waals surface area (Å²) in [6, 6.07) is 4.35. The van der Waals surface area contributed by atoms with E-state index < -0.39 is 4.92 Å². The molecule has 0 unspecified atom stereocenters. The smallest absolute Gasteiger partial charge is 0.258 e. The monoisotopic (exact) mass is 572 g/mol. The summed E-state index contributed by atoms with van der Waals surface area (Å²) in [6.45, 7) is 7.29. The van der Waals surface area contributed by atoms with Crippen molar-refractivity contribution in [2.45, 2.75) is 136 Å². The Morgan fingerprint density at radius 1 is 0.634 bits per heavy atom. The van der Waals surface area contributed by atoms with Gasteiger partial charge in [0.1, 0.15) is 0 Å². The summed E-state index contributed by atoms with van der Waals surface area (Å²) in [5, 5.41) is 10.4. The first-order chi connectivity index (χ1) is 20.0. The largest absolute Gasteiger partial charge is 0.274 e. The van der Waals surface area contributed by atoms with E-state index in [0.717, 1.165) is 12.8 Å². The van der Waals surface area contributed by atoms with Crippen molar-refractivity contribution in [1.29, 1.82) is 0 Å². The Morgan fingerprint density at radius 3 is 1.39 bits per heavy atom. The van der Waals surface area contributed by atoms with Gasteiger partial charge in [-0.1, -0.05) is 123 Å². The van der Waals surface area contributed by atoms with Crippen LogP contribution in [0.5, 0.6) is 0 Å². The summed E-state index contributed by atoms with van der Waals surface area (Å²) in [5.74, 6) is 0. The molecule has 9 heteroatoms. The molecule has 0 saturated heterocycles. The van der Waals surface area contributed by atoms with E-state index in [1.165, 1.54) is 140 Å². The van der Waals surface area contributed by atoms with Gasteiger partial charge in [0.2, 0.25) is 18.2 Å². The van der Waals surface area contributed by atoms with Crippen LogP contribution in [0.4, 0.5) is 11.4 Å². The molecule has 0 aliphatic carbocycles. The Hall–Kier alpha value is -3.24. The number of hydrogen-bond acceptors (Lipinski definition) is 8. The van der Waals surface area contributed by atoms with Crippen molar-refractivity contribution in [3.05, 3.63) is 33.9 Å². The van der Waals surface area contributed by atoms with E-state index in [1.54, 1.807) is 6.08 Å². The third-order valence-electron chi connectivity index (χ3n) is 6.52. The van der Waals surface area contributed by atoms with Crippen LogP contribution in [-0.2, 0) is 14.4 Å². The number of hydrogen-bond donors (Lipinski definition) is 0. The first kappa shape index (κ1) is 39.9. The lowest BCUT2D eigenvalue weighted by Crippen LogP contribution is -1.90. The predicted molar refractivity (Wildman–Crippen MR) is 166 cm³/mol. The molecule has 0 atom stereocenters. The first-order valence-corrected chi connectivity index (χ1v) is 15.4. The van der Waals surface area contributed by atoms with Crippen LogP contribution in [-0.4, -0.2) is 36.3 Å². The zero-order valence-corrected chi connectivity index (χ0v) is 25.7. The topological polar surface area (TPSA) is 131 Å². The standard InChI is InChI=1S/C17H33NO.C8H6N2O3.C7H13NO/c1-2-3-4-5-6-7-8-9-10-11-12-13-14-15-16-18-17-19;1-6-7(9-5-11)3-2-4-8(6)10(12)13;1-2-3-4-5-6-8-7-9/h2-16H2,1H3;2-4H,1H3;2-6H2,1H3. The lowest BCUT2D eigenvalue weighted by atomic mass is 10.0. The number of aliphatic imine (C=N–C) groups is 3. The van der Waals surface area contributed by atoms with E-state index in [0.29, 0.717) is 18.7 Å². The van der Waals surface area contributed by atoms with Crippen molar-refractivity contribution in [2.75, 3.05) is 13.1 Å². The molecule has 41 heavy (non-hydrogen) atoms. The van der Waals surface area contributed by atoms with E-state index in [1.807, 2.05) is 0 Å². The minimum absolute atomic E-state index is 0.0449. The number of rotatable bonds is 22. The molecule has 0 radical (unpaired) electrons. The molecule has 0 N–H and O–H groups in total. The molecule has 0 aliphatic rings. The van der Waals surface area contributed by atoms with Crippen molar-refractivity contribution < 1.29 is 19.3 Å². The normalized spacial score (nSPS) is 9.54. The van der Waals surface area contributed by atoms with Crippen molar-refractivity contribution in [3.63, 3.8) is 0 Å². The van der Waals surface area contributed by atoms with Crippen molar-refractivity contribution >= 4 is 29.6 Å². The zero-order valence-electron chi connectivity index (χ0n) is 25.7. The van der Waals surface area contributed by atoms with Crippen LogP contribution in [0.1, 0.15) is 135 Å². The van der Waals surface area contributed by atoms with Crippen LogP contribution in [0, 0.1) is 17.0 Å². The maximum atomic E-state index is 10.4. The van der Waals surface area contributed by atoms with Crippen LogP contribution < -0.4 is 0 Å². The predicted octanol–water partition coefficient (Wildman–Crippen LogP) is 9.58. The number of carbonyl (C=O) groups excluding carboxylic acids is 3. The van der Waals surface area contributed by atoms with Crippen molar-refractivity contribution in [3.8, 4) is 0 Å². The molecule has 0 aliphatic heterocycles. The van der Waals surface area contributed by atoms with E-state index in [4.69, 9.17) is 0 Å². The Bertz CT molecular complexity index is 898. The van der Waals surface area contributed by atoms with Gasteiger partial charge in [0.25, 0.3) is 5.69 Å². The van der Waals surface area contributed by atoms with Crippen molar-refractivity contribution in [2.24, 2.45) is 15.0 Å². The van der Waals surface area contributed by atoms with Gasteiger partial charge in [-0.15, -0.1) is 0 Å². The quantitative estimate of drug-likeness (QED) is 0.0448. The summed E-state index contributed by atoms with van der Waals surface area (Å²) in [7, 11) is 0. The first-order valence-electron chi connectivity index (χ1n) is 15.4. The fourth-order valence-corrected chi connectivity index (χ4v) is 4.07. The van der Waals surface area contributed by atoms with Gasteiger partial charge in [-0.3, -0.25) is 10.1 Å². The number of nitro groups is 1. The van der Waals surface area contributed by atoms with E-state index in [-0.39, 0.29) is 11.4 Å². The molecule has 1 aromatic carbocycles. The van der Waals surface area contributed by atoms with Gasteiger partial charge in [0, 0.05) is 6.07 Å². The molecule has 9 nitrogen and oxygen atoms in total. The lowest BCUT2D eigenvalue weighted by Gasteiger charge is -2.02. The maximum absolute atomic E-state index is 10.4. The Morgan fingerprint density at radius 2 is 1.02 bits per heavy atom. The third-order valence-corrected chi connectivity index (χ3v) is 6.52. The van der Waals surface area contributed by atoms with Crippen LogP contribution in [0.3, 0.4) is 0 Å². The highest BCUT2D eigenvalue weighted by Gasteiger charge is 2.12.